The van der Waals surface area contributed by atoms with Gasteiger partial charge in [0, 0.05) is 59.0 Å². The van der Waals surface area contributed by atoms with Gasteiger partial charge in [-0.15, -0.1) is 24.0 Å². The van der Waals surface area contributed by atoms with E-state index in [-0.39, 0.29) is 35.9 Å². The van der Waals surface area contributed by atoms with E-state index in [2.05, 4.69) is 20.9 Å². The van der Waals surface area contributed by atoms with E-state index < -0.39 is 0 Å². The number of ether oxygens (including phenoxy) is 2. The Labute approximate surface area is 169 Å². The molecule has 0 spiro atoms. The van der Waals surface area contributed by atoms with Crippen molar-refractivity contribution in [2.75, 3.05) is 46.6 Å². The Balaban J connectivity index is 0.00000576. The SMILES string of the molecule is CN=C(NCCCOCC1CCOCC1)NCCC(=O)NC(C)C.I. The zero-order valence-electron chi connectivity index (χ0n) is 15.8. The van der Waals surface area contributed by atoms with Gasteiger partial charge in [0.25, 0.3) is 0 Å². The minimum absolute atomic E-state index is 0. The van der Waals surface area contributed by atoms with Gasteiger partial charge >= 0.3 is 0 Å². The molecule has 0 bridgehead atoms. The maximum atomic E-state index is 11.6. The van der Waals surface area contributed by atoms with Crippen molar-refractivity contribution in [3.05, 3.63) is 0 Å². The Hall–Kier alpha value is -0.610. The molecule has 1 fully saturated rings. The van der Waals surface area contributed by atoms with Gasteiger partial charge < -0.3 is 25.4 Å². The lowest BCUT2D eigenvalue weighted by Gasteiger charge is -2.21. The van der Waals surface area contributed by atoms with Crippen LogP contribution in [0.5, 0.6) is 0 Å². The zero-order valence-corrected chi connectivity index (χ0v) is 18.1. The highest BCUT2D eigenvalue weighted by Gasteiger charge is 2.13. The molecule has 148 valence electrons. The monoisotopic (exact) mass is 470 g/mol. The van der Waals surface area contributed by atoms with Gasteiger partial charge in [0.15, 0.2) is 5.96 Å². The minimum atomic E-state index is 0. The summed E-state index contributed by atoms with van der Waals surface area (Å²) in [5.41, 5.74) is 0. The van der Waals surface area contributed by atoms with Gasteiger partial charge in [-0.25, -0.2) is 0 Å². The molecule has 1 saturated heterocycles. The number of hydrogen-bond donors (Lipinski definition) is 3. The highest BCUT2D eigenvalue weighted by atomic mass is 127. The van der Waals surface area contributed by atoms with Crippen LogP contribution in [-0.4, -0.2) is 64.5 Å². The molecule has 8 heteroatoms. The number of hydrogen-bond acceptors (Lipinski definition) is 4. The van der Waals surface area contributed by atoms with Crippen molar-refractivity contribution >= 4 is 35.8 Å². The molecule has 1 heterocycles. The lowest BCUT2D eigenvalue weighted by molar-refractivity contribution is -0.121. The van der Waals surface area contributed by atoms with Gasteiger partial charge in [-0.3, -0.25) is 9.79 Å². The summed E-state index contributed by atoms with van der Waals surface area (Å²) in [6.07, 6.45) is 3.59. The predicted molar refractivity (Wildman–Crippen MR) is 112 cm³/mol. The number of halogens is 1. The number of carbonyl (C=O) groups excluding carboxylic acids is 1. The molecule has 0 atom stereocenters. The molecule has 0 aromatic rings. The summed E-state index contributed by atoms with van der Waals surface area (Å²) in [5.74, 6) is 1.42. The first-order valence-corrected chi connectivity index (χ1v) is 9.01. The second-order valence-corrected chi connectivity index (χ2v) is 6.38. The van der Waals surface area contributed by atoms with Crippen LogP contribution >= 0.6 is 24.0 Å². The summed E-state index contributed by atoms with van der Waals surface area (Å²) in [4.78, 5) is 15.7. The number of nitrogens with zero attached hydrogens (tertiary/aromatic N) is 1. The highest BCUT2D eigenvalue weighted by molar-refractivity contribution is 14.0. The molecule has 0 radical (unpaired) electrons. The minimum Gasteiger partial charge on any atom is -0.381 e. The average Bonchev–Trinajstić information content (AvgIpc) is 2.56. The van der Waals surface area contributed by atoms with E-state index in [4.69, 9.17) is 9.47 Å². The molecule has 3 N–H and O–H groups in total. The van der Waals surface area contributed by atoms with Gasteiger partial charge in [0.1, 0.15) is 0 Å². The number of rotatable bonds is 10. The van der Waals surface area contributed by atoms with E-state index in [0.29, 0.717) is 18.9 Å². The van der Waals surface area contributed by atoms with Crippen LogP contribution in [0, 0.1) is 5.92 Å². The molecule has 7 nitrogen and oxygen atoms in total. The van der Waals surface area contributed by atoms with Gasteiger partial charge in [-0.05, 0) is 39.0 Å². The van der Waals surface area contributed by atoms with E-state index in [1.165, 1.54) is 0 Å². The van der Waals surface area contributed by atoms with Crippen LogP contribution in [0.15, 0.2) is 4.99 Å². The third-order valence-electron chi connectivity index (χ3n) is 3.77. The Kier molecular flexibility index (Phi) is 15.2. The number of amides is 1. The van der Waals surface area contributed by atoms with Crippen molar-refractivity contribution < 1.29 is 14.3 Å². The van der Waals surface area contributed by atoms with Crippen molar-refractivity contribution in [2.24, 2.45) is 10.9 Å². The Morgan fingerprint density at radius 3 is 2.56 bits per heavy atom. The van der Waals surface area contributed by atoms with Crippen molar-refractivity contribution in [2.45, 2.75) is 45.6 Å². The molecule has 1 amide bonds. The largest absolute Gasteiger partial charge is 0.381 e. The fourth-order valence-electron chi connectivity index (χ4n) is 2.45. The second-order valence-electron chi connectivity index (χ2n) is 6.38. The first-order valence-electron chi connectivity index (χ1n) is 9.01. The van der Waals surface area contributed by atoms with E-state index in [1.807, 2.05) is 13.8 Å². The van der Waals surface area contributed by atoms with Crippen molar-refractivity contribution in [3.63, 3.8) is 0 Å². The summed E-state index contributed by atoms with van der Waals surface area (Å²) in [7, 11) is 1.73. The Morgan fingerprint density at radius 2 is 1.92 bits per heavy atom. The van der Waals surface area contributed by atoms with E-state index in [1.54, 1.807) is 7.05 Å². The lowest BCUT2D eigenvalue weighted by Crippen LogP contribution is -2.40. The molecular weight excluding hydrogens is 435 g/mol. The van der Waals surface area contributed by atoms with Crippen LogP contribution in [0.4, 0.5) is 0 Å². The fraction of sp³-hybridized carbons (Fsp3) is 0.882. The quantitative estimate of drug-likeness (QED) is 0.195. The molecule has 1 rings (SSSR count). The summed E-state index contributed by atoms with van der Waals surface area (Å²) >= 11 is 0. The first kappa shape index (κ1) is 24.4. The average molecular weight is 470 g/mol. The molecule has 0 aromatic carbocycles. The lowest BCUT2D eigenvalue weighted by atomic mass is 10.0. The van der Waals surface area contributed by atoms with E-state index >= 15 is 0 Å². The Morgan fingerprint density at radius 1 is 1.24 bits per heavy atom. The van der Waals surface area contributed by atoms with Crippen molar-refractivity contribution in [1.29, 1.82) is 0 Å². The number of guanidine groups is 1. The molecular formula is C17H35IN4O3. The van der Waals surface area contributed by atoms with Gasteiger partial charge in [0.2, 0.25) is 5.91 Å². The van der Waals surface area contributed by atoms with Crippen molar-refractivity contribution in [3.8, 4) is 0 Å². The first-order chi connectivity index (χ1) is 11.6. The van der Waals surface area contributed by atoms with Crippen LogP contribution < -0.4 is 16.0 Å². The van der Waals surface area contributed by atoms with Gasteiger partial charge in [-0.1, -0.05) is 0 Å². The highest BCUT2D eigenvalue weighted by Crippen LogP contribution is 2.14. The summed E-state index contributed by atoms with van der Waals surface area (Å²) < 4.78 is 11.1. The van der Waals surface area contributed by atoms with Crippen LogP contribution in [0.2, 0.25) is 0 Å². The number of nitrogens with one attached hydrogen (secondary N) is 3. The summed E-state index contributed by atoms with van der Waals surface area (Å²) in [6, 6.07) is 0.177. The third kappa shape index (κ3) is 13.3. The molecule has 0 aromatic heterocycles. The maximum absolute atomic E-state index is 11.6. The normalized spacial score (nSPS) is 15.6. The topological polar surface area (TPSA) is 84.0 Å². The second kappa shape index (κ2) is 15.6. The summed E-state index contributed by atoms with van der Waals surface area (Å²) in [5, 5.41) is 9.23. The molecule has 0 saturated carbocycles. The van der Waals surface area contributed by atoms with Gasteiger partial charge in [-0.2, -0.15) is 0 Å². The van der Waals surface area contributed by atoms with Gasteiger partial charge in [0.05, 0.1) is 0 Å². The summed E-state index contributed by atoms with van der Waals surface area (Å²) in [6.45, 7) is 8.59. The molecule has 0 unspecified atom stereocenters. The zero-order chi connectivity index (χ0) is 17.6. The van der Waals surface area contributed by atoms with Crippen LogP contribution in [0.3, 0.4) is 0 Å². The third-order valence-corrected chi connectivity index (χ3v) is 3.77. The number of carbonyl (C=O) groups is 1. The molecule has 1 aliphatic rings. The predicted octanol–water partition coefficient (Wildman–Crippen LogP) is 1.52. The maximum Gasteiger partial charge on any atom is 0.221 e. The van der Waals surface area contributed by atoms with Crippen LogP contribution in [0.25, 0.3) is 0 Å². The fourth-order valence-corrected chi connectivity index (χ4v) is 2.45. The smallest absolute Gasteiger partial charge is 0.221 e. The Bertz CT molecular complexity index is 375. The molecule has 25 heavy (non-hydrogen) atoms. The standard InChI is InChI=1S/C17H34N4O3.HI/c1-14(2)21-16(22)5-9-20-17(18-3)19-8-4-10-24-13-15-6-11-23-12-7-15;/h14-15H,4-13H2,1-3H3,(H,21,22)(H2,18,19,20);1H. The molecule has 0 aliphatic carbocycles. The number of aliphatic imine (C=N–C) groups is 1. The van der Waals surface area contributed by atoms with Crippen molar-refractivity contribution in [1.82, 2.24) is 16.0 Å². The van der Waals surface area contributed by atoms with Crippen LogP contribution in [0.1, 0.15) is 39.5 Å². The van der Waals surface area contributed by atoms with Crippen LogP contribution in [-0.2, 0) is 14.3 Å². The van der Waals surface area contributed by atoms with E-state index in [9.17, 15) is 4.79 Å². The van der Waals surface area contributed by atoms with E-state index in [0.717, 1.165) is 58.2 Å². The molecule has 1 aliphatic heterocycles.